The molecule has 266 valence electrons. The maximum Gasteiger partial charge on any atom is 0.261 e. The van der Waals surface area contributed by atoms with Crippen molar-refractivity contribution in [1.82, 2.24) is 4.90 Å². The molecule has 0 fully saturated rings. The molecular weight excluding hydrogens is 908 g/mol. The van der Waals surface area contributed by atoms with Gasteiger partial charge in [-0.05, 0) is 137 Å². The summed E-state index contributed by atoms with van der Waals surface area (Å²) in [6.45, 7) is 5.90. The smallest absolute Gasteiger partial charge is 0.261 e. The molecule has 5 aromatic carbocycles. The molecule has 2 amide bonds. The molecule has 0 atom stereocenters. The number of fused-ring (bicyclic) bond motifs is 7. The molecule has 0 saturated carbocycles. The van der Waals surface area contributed by atoms with Crippen molar-refractivity contribution in [2.75, 3.05) is 13.1 Å². The fourth-order valence-electron chi connectivity index (χ4n) is 8.47. The number of nitrogens with two attached hydrogens (primary N) is 1. The lowest BCUT2D eigenvalue weighted by Gasteiger charge is -2.28. The predicted octanol–water partition coefficient (Wildman–Crippen LogP) is 12.6. The van der Waals surface area contributed by atoms with E-state index in [1.54, 1.807) is 24.3 Å². The average Bonchev–Trinajstić information content (AvgIpc) is 3.62. The Balaban J connectivity index is 0.000000175. The summed E-state index contributed by atoms with van der Waals surface area (Å²) < 4.78 is 4.46. The van der Waals surface area contributed by atoms with Crippen molar-refractivity contribution in [2.45, 2.75) is 63.2 Å². The molecule has 3 aliphatic rings. The number of hydrogen-bond donors (Lipinski definition) is 1. The van der Waals surface area contributed by atoms with Crippen molar-refractivity contribution >= 4 is 75.5 Å². The Kier molecular flexibility index (Phi) is 10.9. The first-order chi connectivity index (χ1) is 25.0. The molecule has 2 N–H and O–H groups in total. The van der Waals surface area contributed by atoms with Crippen LogP contribution in [-0.4, -0.2) is 29.8 Å². The highest BCUT2D eigenvalue weighted by molar-refractivity contribution is 9.11. The maximum atomic E-state index is 12.6. The fraction of sp³-hybridized carbons (Fsp3) is 0.273. The third kappa shape index (κ3) is 6.72. The summed E-state index contributed by atoms with van der Waals surface area (Å²) >= 11 is 14.5. The van der Waals surface area contributed by atoms with E-state index in [1.807, 2.05) is 0 Å². The normalized spacial score (nSPS) is 15.4. The van der Waals surface area contributed by atoms with Gasteiger partial charge in [-0.15, -0.1) is 0 Å². The number of imide groups is 1. The third-order valence-corrected chi connectivity index (χ3v) is 13.2. The zero-order valence-corrected chi connectivity index (χ0v) is 35.6. The Bertz CT molecular complexity index is 2080. The van der Waals surface area contributed by atoms with Crippen LogP contribution in [0.15, 0.2) is 115 Å². The van der Waals surface area contributed by atoms with Crippen LogP contribution in [-0.2, 0) is 10.8 Å². The van der Waals surface area contributed by atoms with E-state index in [4.69, 9.17) is 5.73 Å². The molecule has 0 unspecified atom stereocenters. The number of unbranched alkanes of at least 4 members (excludes halogenated alkanes) is 2. The van der Waals surface area contributed by atoms with Crippen LogP contribution in [0.2, 0.25) is 0 Å². The van der Waals surface area contributed by atoms with Crippen molar-refractivity contribution in [1.29, 1.82) is 0 Å². The molecule has 2 aliphatic carbocycles. The Morgan fingerprint density at radius 2 is 0.846 bits per heavy atom. The Hall–Kier alpha value is -2.88. The highest BCUT2D eigenvalue weighted by Crippen LogP contribution is 2.54. The minimum Gasteiger partial charge on any atom is -0.330 e. The molecule has 0 spiro atoms. The first kappa shape index (κ1) is 37.4. The molecule has 4 nitrogen and oxygen atoms in total. The molecule has 0 aromatic heterocycles. The number of carbonyl (C=O) groups is 2. The van der Waals surface area contributed by atoms with Crippen LogP contribution < -0.4 is 5.73 Å². The first-order valence-electron chi connectivity index (χ1n) is 17.8. The number of benzene rings is 5. The molecular formula is C44H40Br4N2O2. The van der Waals surface area contributed by atoms with E-state index < -0.39 is 0 Å². The minimum absolute atomic E-state index is 0.0768. The highest BCUT2D eigenvalue weighted by atomic mass is 79.9. The lowest BCUT2D eigenvalue weighted by Crippen LogP contribution is -2.31. The highest BCUT2D eigenvalue weighted by Gasteiger charge is 2.41. The van der Waals surface area contributed by atoms with Crippen LogP contribution in [0.5, 0.6) is 0 Å². The van der Waals surface area contributed by atoms with E-state index in [0.717, 1.165) is 63.0 Å². The van der Waals surface area contributed by atoms with Crippen molar-refractivity contribution in [3.8, 4) is 22.3 Å². The number of halogens is 4. The first-order valence-corrected chi connectivity index (χ1v) is 21.0. The molecule has 0 bridgehead atoms. The summed E-state index contributed by atoms with van der Waals surface area (Å²) in [5.41, 5.74) is 17.5. The number of hydrogen-bond acceptors (Lipinski definition) is 3. The van der Waals surface area contributed by atoms with Gasteiger partial charge in [-0.25, -0.2) is 0 Å². The van der Waals surface area contributed by atoms with Crippen LogP contribution in [0.1, 0.15) is 95.3 Å². The Labute approximate surface area is 340 Å². The average molecular weight is 948 g/mol. The molecule has 0 radical (unpaired) electrons. The van der Waals surface area contributed by atoms with E-state index in [0.29, 0.717) is 17.7 Å². The second-order valence-electron chi connectivity index (χ2n) is 14.4. The van der Waals surface area contributed by atoms with Gasteiger partial charge in [0.05, 0.1) is 11.1 Å². The lowest BCUT2D eigenvalue weighted by atomic mass is 9.76. The van der Waals surface area contributed by atoms with Gasteiger partial charge in [0.25, 0.3) is 11.8 Å². The Morgan fingerprint density at radius 3 is 1.19 bits per heavy atom. The molecule has 1 aliphatic heterocycles. The van der Waals surface area contributed by atoms with E-state index in [1.165, 1.54) is 49.4 Å². The second kappa shape index (κ2) is 15.1. The van der Waals surface area contributed by atoms with Gasteiger partial charge in [0.15, 0.2) is 0 Å². The SMILES string of the molecule is CC1(CCCCN)c2cc(Br)ccc2-c2ccc(Br)cc21.CC1(CCCCN2C(=O)c3ccccc3C2=O)c2cc(Br)ccc2-c2ccc(Br)cc21. The topological polar surface area (TPSA) is 63.4 Å². The van der Waals surface area contributed by atoms with Crippen molar-refractivity contribution in [3.63, 3.8) is 0 Å². The van der Waals surface area contributed by atoms with E-state index >= 15 is 0 Å². The minimum atomic E-state index is -0.170. The summed E-state index contributed by atoms with van der Waals surface area (Å²) in [5.74, 6) is -0.340. The molecule has 8 heteroatoms. The summed E-state index contributed by atoms with van der Waals surface area (Å²) in [4.78, 5) is 26.6. The summed E-state index contributed by atoms with van der Waals surface area (Å²) in [6, 6.07) is 33.4. The second-order valence-corrected chi connectivity index (χ2v) is 18.1. The van der Waals surface area contributed by atoms with Gasteiger partial charge in [0.2, 0.25) is 0 Å². The summed E-state index contributed by atoms with van der Waals surface area (Å²) in [7, 11) is 0. The van der Waals surface area contributed by atoms with Gasteiger partial charge < -0.3 is 5.73 Å². The Morgan fingerprint density at radius 1 is 0.500 bits per heavy atom. The quantitative estimate of drug-likeness (QED) is 0.118. The number of nitrogens with zero attached hydrogens (tertiary/aromatic N) is 1. The fourth-order valence-corrected chi connectivity index (χ4v) is 9.92. The van der Waals surface area contributed by atoms with Gasteiger partial charge in [0, 0.05) is 35.3 Å². The van der Waals surface area contributed by atoms with Crippen LogP contribution in [0, 0.1) is 0 Å². The summed E-state index contributed by atoms with van der Waals surface area (Å²) in [6.07, 6.45) is 6.03. The molecule has 52 heavy (non-hydrogen) atoms. The van der Waals surface area contributed by atoms with Crippen LogP contribution >= 0.6 is 63.7 Å². The molecule has 1 heterocycles. The standard InChI is InChI=1S/C26H21Br2NO2.C18H19Br2N/c1-26(12-4-5-13-29-24(30)20-6-2-3-7-21(20)25(29)31)22-14-16(27)8-10-18(22)19-11-9-17(28)15-23(19)26;1-18(8-2-3-9-21)16-10-12(19)4-6-14(16)15-7-5-13(20)11-17(15)18/h2-3,6-11,14-15H,4-5,12-13H2,1H3;4-7,10-11H,2-3,8-9,21H2,1H3. The van der Waals surface area contributed by atoms with E-state index in [-0.39, 0.29) is 22.6 Å². The number of amides is 2. The van der Waals surface area contributed by atoms with Crippen molar-refractivity contribution in [2.24, 2.45) is 5.73 Å². The largest absolute Gasteiger partial charge is 0.330 e. The molecule has 5 aromatic rings. The van der Waals surface area contributed by atoms with E-state index in [9.17, 15) is 9.59 Å². The van der Waals surface area contributed by atoms with Gasteiger partial charge in [0.1, 0.15) is 0 Å². The van der Waals surface area contributed by atoms with Gasteiger partial charge in [-0.3, -0.25) is 14.5 Å². The van der Waals surface area contributed by atoms with E-state index in [2.05, 4.69) is 150 Å². The zero-order valence-electron chi connectivity index (χ0n) is 29.2. The monoisotopic (exact) mass is 944 g/mol. The van der Waals surface area contributed by atoms with Crippen LogP contribution in [0.4, 0.5) is 0 Å². The third-order valence-electron chi connectivity index (χ3n) is 11.2. The predicted molar refractivity (Wildman–Crippen MR) is 226 cm³/mol. The van der Waals surface area contributed by atoms with Crippen LogP contribution in [0.3, 0.4) is 0 Å². The van der Waals surface area contributed by atoms with Crippen LogP contribution in [0.25, 0.3) is 22.3 Å². The van der Waals surface area contributed by atoms with Gasteiger partial charge >= 0.3 is 0 Å². The lowest BCUT2D eigenvalue weighted by molar-refractivity contribution is 0.0651. The number of rotatable bonds is 9. The maximum absolute atomic E-state index is 12.6. The zero-order chi connectivity index (χ0) is 36.8. The summed E-state index contributed by atoms with van der Waals surface area (Å²) in [5, 5.41) is 0. The van der Waals surface area contributed by atoms with Gasteiger partial charge in [-0.2, -0.15) is 0 Å². The molecule has 0 saturated heterocycles. The molecule has 8 rings (SSSR count). The van der Waals surface area contributed by atoms with Crippen molar-refractivity contribution in [3.05, 3.63) is 148 Å². The number of carbonyl (C=O) groups excluding carboxylic acids is 2. The van der Waals surface area contributed by atoms with Gasteiger partial charge in [-0.1, -0.05) is 127 Å². The van der Waals surface area contributed by atoms with Crippen molar-refractivity contribution < 1.29 is 9.59 Å².